The summed E-state index contributed by atoms with van der Waals surface area (Å²) in [5, 5.41) is 2.03. The van der Waals surface area contributed by atoms with Gasteiger partial charge in [0, 0.05) is 35.2 Å². The smallest absolute Gasteiger partial charge is 0.187 e. The van der Waals surface area contributed by atoms with Gasteiger partial charge in [0.25, 0.3) is 0 Å². The first-order valence-electron chi connectivity index (χ1n) is 10.1. The highest BCUT2D eigenvalue weighted by Gasteiger charge is 2.34. The van der Waals surface area contributed by atoms with Crippen molar-refractivity contribution in [3.63, 3.8) is 0 Å². The first kappa shape index (κ1) is 19.9. The minimum Gasteiger partial charge on any atom is -0.399 e. The molecule has 1 unspecified atom stereocenters. The molecule has 30 heavy (non-hydrogen) atoms. The van der Waals surface area contributed by atoms with E-state index in [-0.39, 0.29) is 11.8 Å². The SMILES string of the molecule is CC1=C(C)C(=C(C2=C(C)N(C)NC2c2ccccc2)c2ccc(N)cc2)C(=O)C=[C]1. The van der Waals surface area contributed by atoms with E-state index in [1.807, 2.05) is 68.4 Å². The van der Waals surface area contributed by atoms with Crippen LogP contribution in [-0.4, -0.2) is 17.8 Å². The van der Waals surface area contributed by atoms with E-state index in [1.54, 1.807) is 6.08 Å². The Hall–Kier alpha value is -3.37. The molecule has 0 amide bonds. The number of allylic oxidation sites excluding steroid dienone is 6. The van der Waals surface area contributed by atoms with E-state index in [0.29, 0.717) is 5.69 Å². The zero-order valence-corrected chi connectivity index (χ0v) is 17.8. The number of carbonyl (C=O) groups is 1. The Kier molecular flexibility index (Phi) is 5.18. The van der Waals surface area contributed by atoms with Crippen LogP contribution < -0.4 is 11.2 Å². The van der Waals surface area contributed by atoms with E-state index >= 15 is 0 Å². The number of nitrogens with two attached hydrogens (primary N) is 1. The molecule has 1 aliphatic heterocycles. The topological polar surface area (TPSA) is 58.4 Å². The Labute approximate surface area is 178 Å². The Morgan fingerprint density at radius 2 is 1.70 bits per heavy atom. The van der Waals surface area contributed by atoms with Crippen LogP contribution in [0.5, 0.6) is 0 Å². The second kappa shape index (κ2) is 7.81. The third-order valence-corrected chi connectivity index (χ3v) is 5.96. The summed E-state index contributed by atoms with van der Waals surface area (Å²) in [7, 11) is 2.01. The zero-order valence-electron chi connectivity index (χ0n) is 17.8. The minimum atomic E-state index is -0.0629. The van der Waals surface area contributed by atoms with E-state index in [2.05, 4.69) is 30.6 Å². The summed E-state index contributed by atoms with van der Waals surface area (Å²) >= 11 is 0. The van der Waals surface area contributed by atoms with Crippen LogP contribution in [0.2, 0.25) is 0 Å². The molecule has 0 saturated carbocycles. The summed E-state index contributed by atoms with van der Waals surface area (Å²) in [6.45, 7) is 6.08. The molecular weight excluding hydrogens is 370 g/mol. The van der Waals surface area contributed by atoms with Crippen LogP contribution in [0.4, 0.5) is 5.69 Å². The van der Waals surface area contributed by atoms with Gasteiger partial charge in [-0.1, -0.05) is 42.5 Å². The molecule has 3 N–H and O–H groups in total. The number of ketones is 1. The zero-order chi connectivity index (χ0) is 21.4. The fourth-order valence-electron chi connectivity index (χ4n) is 4.08. The number of rotatable bonds is 3. The van der Waals surface area contributed by atoms with Crippen LogP contribution >= 0.6 is 0 Å². The number of hydrogen-bond acceptors (Lipinski definition) is 4. The first-order chi connectivity index (χ1) is 14.4. The van der Waals surface area contributed by atoms with Gasteiger partial charge in [0.2, 0.25) is 0 Å². The van der Waals surface area contributed by atoms with Gasteiger partial charge in [-0.2, -0.15) is 0 Å². The molecule has 0 fully saturated rings. The minimum absolute atomic E-state index is 0.0217. The van der Waals surface area contributed by atoms with Gasteiger partial charge in [-0.15, -0.1) is 0 Å². The van der Waals surface area contributed by atoms with Crippen LogP contribution in [-0.2, 0) is 4.79 Å². The van der Waals surface area contributed by atoms with Crippen LogP contribution in [0.25, 0.3) is 5.57 Å². The van der Waals surface area contributed by atoms with Crippen molar-refractivity contribution in [2.45, 2.75) is 26.8 Å². The maximum atomic E-state index is 13.1. The van der Waals surface area contributed by atoms with Gasteiger partial charge >= 0.3 is 0 Å². The maximum absolute atomic E-state index is 13.1. The lowest BCUT2D eigenvalue weighted by atomic mass is 9.80. The van der Waals surface area contributed by atoms with E-state index in [1.165, 1.54) is 0 Å². The number of carbonyl (C=O) groups excluding carboxylic acids is 1. The van der Waals surface area contributed by atoms with E-state index < -0.39 is 0 Å². The van der Waals surface area contributed by atoms with Gasteiger partial charge in [0.05, 0.1) is 6.04 Å². The number of hydrogen-bond donors (Lipinski definition) is 2. The van der Waals surface area contributed by atoms with E-state index in [0.717, 1.165) is 44.7 Å². The molecule has 2 aromatic rings. The molecule has 1 atom stereocenters. The first-order valence-corrected chi connectivity index (χ1v) is 10.1. The lowest BCUT2D eigenvalue weighted by Gasteiger charge is -2.23. The van der Waals surface area contributed by atoms with Gasteiger partial charge in [-0.25, -0.2) is 5.43 Å². The average Bonchev–Trinajstić information content (AvgIpc) is 3.04. The van der Waals surface area contributed by atoms with E-state index in [4.69, 9.17) is 5.73 Å². The predicted octanol–water partition coefficient (Wildman–Crippen LogP) is 4.77. The van der Waals surface area contributed by atoms with Crippen molar-refractivity contribution >= 4 is 17.0 Å². The Morgan fingerprint density at radius 3 is 2.37 bits per heavy atom. The lowest BCUT2D eigenvalue weighted by molar-refractivity contribution is -0.111. The van der Waals surface area contributed by atoms with Gasteiger partial charge < -0.3 is 10.7 Å². The fourth-order valence-corrected chi connectivity index (χ4v) is 4.08. The highest BCUT2D eigenvalue weighted by molar-refractivity contribution is 6.16. The number of hydrazine groups is 1. The summed E-state index contributed by atoms with van der Waals surface area (Å²) in [6.07, 6.45) is 4.64. The van der Waals surface area contributed by atoms with E-state index in [9.17, 15) is 4.79 Å². The molecular formula is C26H26N3O. The van der Waals surface area contributed by atoms with Crippen LogP contribution in [0.3, 0.4) is 0 Å². The second-order valence-corrected chi connectivity index (χ2v) is 7.81. The maximum Gasteiger partial charge on any atom is 0.187 e. The number of benzene rings is 2. The summed E-state index contributed by atoms with van der Waals surface area (Å²) in [5.74, 6) is -0.0217. The summed E-state index contributed by atoms with van der Waals surface area (Å²) < 4.78 is 0. The predicted molar refractivity (Wildman–Crippen MR) is 122 cm³/mol. The van der Waals surface area contributed by atoms with Crippen molar-refractivity contribution < 1.29 is 4.79 Å². The number of anilines is 1. The fraction of sp³-hybridized carbons (Fsp3) is 0.192. The average molecular weight is 397 g/mol. The van der Waals surface area contributed by atoms with Crippen LogP contribution in [0, 0.1) is 6.08 Å². The van der Waals surface area contributed by atoms with Crippen LogP contribution in [0.15, 0.2) is 88.7 Å². The normalized spacial score (nSPS) is 21.0. The molecule has 0 saturated heterocycles. The highest BCUT2D eigenvalue weighted by Crippen LogP contribution is 2.44. The second-order valence-electron chi connectivity index (χ2n) is 7.81. The standard InChI is InChI=1S/C26H26N3O/c1-16-10-15-22(30)23(17(16)2)25(19-11-13-21(27)14-12-19)24-18(3)29(4)28-26(24)20-8-6-5-7-9-20/h5-9,11-15,26,28H,27H2,1-4H3. The molecule has 1 heterocycles. The highest BCUT2D eigenvalue weighted by atomic mass is 16.1. The summed E-state index contributed by atoms with van der Waals surface area (Å²) in [4.78, 5) is 13.1. The molecule has 0 aromatic heterocycles. The molecule has 0 spiro atoms. The van der Waals surface area contributed by atoms with Crippen molar-refractivity contribution in [1.82, 2.24) is 10.4 Å². The van der Waals surface area contributed by atoms with Gasteiger partial charge in [0.15, 0.2) is 5.78 Å². The van der Waals surface area contributed by atoms with Gasteiger partial charge in [0.1, 0.15) is 0 Å². The number of nitrogens with one attached hydrogen (secondary N) is 1. The largest absolute Gasteiger partial charge is 0.399 e. The molecule has 2 aliphatic rings. The monoisotopic (exact) mass is 396 g/mol. The van der Waals surface area contributed by atoms with Crippen molar-refractivity contribution in [2.24, 2.45) is 0 Å². The molecule has 1 aliphatic carbocycles. The van der Waals surface area contributed by atoms with Crippen molar-refractivity contribution in [1.29, 1.82) is 0 Å². The Balaban J connectivity index is 2.03. The molecule has 4 rings (SSSR count). The quantitative estimate of drug-likeness (QED) is 0.580. The summed E-state index contributed by atoms with van der Waals surface area (Å²) in [6, 6.07) is 18.0. The third-order valence-electron chi connectivity index (χ3n) is 5.96. The van der Waals surface area contributed by atoms with Crippen LogP contribution in [0.1, 0.15) is 37.9 Å². The Bertz CT molecular complexity index is 1120. The Morgan fingerprint density at radius 1 is 1.03 bits per heavy atom. The molecule has 0 bridgehead atoms. The lowest BCUT2D eigenvalue weighted by Crippen LogP contribution is -2.29. The molecule has 4 nitrogen and oxygen atoms in total. The van der Waals surface area contributed by atoms with Gasteiger partial charge in [-0.3, -0.25) is 4.79 Å². The van der Waals surface area contributed by atoms with Crippen molar-refractivity contribution in [3.05, 3.63) is 106 Å². The third kappa shape index (κ3) is 3.40. The summed E-state index contributed by atoms with van der Waals surface area (Å²) in [5.41, 5.74) is 18.1. The molecule has 1 radical (unpaired) electrons. The molecule has 151 valence electrons. The van der Waals surface area contributed by atoms with Crippen molar-refractivity contribution in [3.8, 4) is 0 Å². The molecule has 2 aromatic carbocycles. The number of nitrogen functional groups attached to an aromatic ring is 1. The van der Waals surface area contributed by atoms with Gasteiger partial charge in [-0.05, 0) is 67.3 Å². The van der Waals surface area contributed by atoms with Crippen molar-refractivity contribution in [2.75, 3.05) is 12.8 Å². The number of nitrogens with zero attached hydrogens (tertiary/aromatic N) is 1. The molecule has 4 heteroatoms.